The fraction of sp³-hybridized carbons (Fsp3) is 0.375. The number of nitrogens with one attached hydrogen (secondary N) is 1. The van der Waals surface area contributed by atoms with Crippen molar-refractivity contribution in [3.63, 3.8) is 0 Å². The number of benzene rings is 1. The smallest absolute Gasteiger partial charge is 0.310 e. The van der Waals surface area contributed by atoms with Crippen molar-refractivity contribution in [2.24, 2.45) is 11.8 Å². The van der Waals surface area contributed by atoms with Crippen LogP contribution >= 0.6 is 0 Å². The first-order valence-electron chi connectivity index (χ1n) is 7.14. The fourth-order valence-electron chi connectivity index (χ4n) is 3.05. The molecule has 2 N–H and O–H groups in total. The van der Waals surface area contributed by atoms with E-state index in [0.717, 1.165) is 0 Å². The number of ether oxygens (including phenoxy) is 3. The van der Waals surface area contributed by atoms with Crippen molar-refractivity contribution >= 4 is 17.6 Å². The Balaban J connectivity index is 1.79. The van der Waals surface area contributed by atoms with Crippen LogP contribution < -0.4 is 14.8 Å². The van der Waals surface area contributed by atoms with Gasteiger partial charge in [0.15, 0.2) is 11.5 Å². The van der Waals surface area contributed by atoms with E-state index in [-0.39, 0.29) is 5.91 Å². The number of anilines is 1. The van der Waals surface area contributed by atoms with Crippen LogP contribution in [-0.4, -0.2) is 43.4 Å². The Kier molecular flexibility index (Phi) is 3.96. The molecule has 23 heavy (non-hydrogen) atoms. The zero-order chi connectivity index (χ0) is 16.6. The number of amides is 1. The van der Waals surface area contributed by atoms with Gasteiger partial charge in [0.05, 0.1) is 32.3 Å². The lowest BCUT2D eigenvalue weighted by molar-refractivity contribution is -0.145. The van der Waals surface area contributed by atoms with Gasteiger partial charge >= 0.3 is 5.97 Å². The summed E-state index contributed by atoms with van der Waals surface area (Å²) in [5.41, 5.74) is 0.503. The van der Waals surface area contributed by atoms with Crippen molar-refractivity contribution in [1.29, 1.82) is 0 Å². The van der Waals surface area contributed by atoms with Crippen LogP contribution in [0.2, 0.25) is 0 Å². The molecule has 0 aromatic heterocycles. The summed E-state index contributed by atoms with van der Waals surface area (Å²) in [5.74, 6) is -2.03. The van der Waals surface area contributed by atoms with E-state index in [1.807, 2.05) is 0 Å². The van der Waals surface area contributed by atoms with E-state index in [1.165, 1.54) is 14.2 Å². The first-order valence-corrected chi connectivity index (χ1v) is 7.14. The Morgan fingerprint density at radius 1 is 1.09 bits per heavy atom. The van der Waals surface area contributed by atoms with Crippen molar-refractivity contribution in [3.05, 3.63) is 30.4 Å². The summed E-state index contributed by atoms with van der Waals surface area (Å²) >= 11 is 0. The van der Waals surface area contributed by atoms with Crippen LogP contribution in [0.15, 0.2) is 30.4 Å². The van der Waals surface area contributed by atoms with Crippen molar-refractivity contribution in [1.82, 2.24) is 0 Å². The quantitative estimate of drug-likeness (QED) is 0.795. The minimum Gasteiger partial charge on any atom is -0.493 e. The number of carbonyl (C=O) groups excluding carboxylic acids is 1. The molecule has 0 aliphatic carbocycles. The largest absolute Gasteiger partial charge is 0.493 e. The van der Waals surface area contributed by atoms with Gasteiger partial charge in [-0.1, -0.05) is 12.2 Å². The van der Waals surface area contributed by atoms with Crippen LogP contribution in [0.3, 0.4) is 0 Å². The van der Waals surface area contributed by atoms with Gasteiger partial charge in [0.2, 0.25) is 5.91 Å². The van der Waals surface area contributed by atoms with Crippen LogP contribution in [0, 0.1) is 11.8 Å². The molecule has 122 valence electrons. The molecule has 2 aliphatic heterocycles. The Morgan fingerprint density at radius 2 is 1.74 bits per heavy atom. The van der Waals surface area contributed by atoms with E-state index in [2.05, 4.69) is 5.32 Å². The summed E-state index contributed by atoms with van der Waals surface area (Å²) < 4.78 is 15.8. The highest BCUT2D eigenvalue weighted by Gasteiger charge is 2.53. The van der Waals surface area contributed by atoms with Gasteiger partial charge in [-0.15, -0.1) is 0 Å². The molecule has 2 aliphatic rings. The number of hydrogen-bond donors (Lipinski definition) is 2. The van der Waals surface area contributed by atoms with Crippen LogP contribution in [0.4, 0.5) is 5.69 Å². The van der Waals surface area contributed by atoms with Gasteiger partial charge in [-0.3, -0.25) is 9.59 Å². The van der Waals surface area contributed by atoms with Crippen molar-refractivity contribution in [2.45, 2.75) is 12.2 Å². The molecular weight excluding hydrogens is 302 g/mol. The molecule has 7 nitrogen and oxygen atoms in total. The minimum atomic E-state index is -1.03. The van der Waals surface area contributed by atoms with Gasteiger partial charge in [-0.05, 0) is 12.1 Å². The number of methoxy groups -OCH3 is 2. The molecule has 4 atom stereocenters. The van der Waals surface area contributed by atoms with E-state index in [1.54, 1.807) is 30.4 Å². The van der Waals surface area contributed by atoms with Gasteiger partial charge < -0.3 is 24.6 Å². The van der Waals surface area contributed by atoms with Gasteiger partial charge in [-0.2, -0.15) is 0 Å². The number of aliphatic carboxylic acids is 1. The van der Waals surface area contributed by atoms with Crippen molar-refractivity contribution in [2.75, 3.05) is 19.5 Å². The molecule has 0 spiro atoms. The van der Waals surface area contributed by atoms with Gasteiger partial charge in [0.25, 0.3) is 0 Å². The average molecular weight is 319 g/mol. The number of rotatable bonds is 5. The van der Waals surface area contributed by atoms with Crippen LogP contribution in [-0.2, 0) is 14.3 Å². The first-order chi connectivity index (χ1) is 11.0. The zero-order valence-electron chi connectivity index (χ0n) is 12.7. The number of fused-ring (bicyclic) bond motifs is 2. The SMILES string of the molecule is COc1ccc(NC(=O)[C@H]2[C@@H](C(=O)O)[C@@H]3C=C[C@@H]2O3)cc1OC. The van der Waals surface area contributed by atoms with Gasteiger partial charge in [0.1, 0.15) is 5.92 Å². The number of hydrogen-bond acceptors (Lipinski definition) is 5. The summed E-state index contributed by atoms with van der Waals surface area (Å²) in [4.78, 5) is 23.9. The lowest BCUT2D eigenvalue weighted by Gasteiger charge is -2.21. The van der Waals surface area contributed by atoms with Gasteiger partial charge in [0, 0.05) is 11.8 Å². The fourth-order valence-corrected chi connectivity index (χ4v) is 3.05. The molecule has 2 bridgehead atoms. The monoisotopic (exact) mass is 319 g/mol. The first kappa shape index (κ1) is 15.4. The Morgan fingerprint density at radius 3 is 2.35 bits per heavy atom. The Labute approximate surface area is 132 Å². The standard InChI is InChI=1S/C16H17NO6/c1-21-9-4-3-8(7-12(9)22-2)17-15(18)13-10-5-6-11(23-10)14(13)16(19)20/h3-7,10-11,13-14H,1-2H3,(H,17,18)(H,19,20)/t10-,11-,13+,14-/m0/s1. The Bertz CT molecular complexity index is 671. The maximum absolute atomic E-state index is 12.5. The second-order valence-electron chi connectivity index (χ2n) is 5.40. The molecule has 0 unspecified atom stereocenters. The molecule has 1 amide bonds. The molecule has 7 heteroatoms. The topological polar surface area (TPSA) is 94.1 Å². The van der Waals surface area contributed by atoms with Gasteiger partial charge in [-0.25, -0.2) is 0 Å². The predicted molar refractivity (Wildman–Crippen MR) is 80.6 cm³/mol. The van der Waals surface area contributed by atoms with E-state index >= 15 is 0 Å². The minimum absolute atomic E-state index is 0.388. The molecule has 0 saturated carbocycles. The lowest BCUT2D eigenvalue weighted by atomic mass is 9.82. The highest BCUT2D eigenvalue weighted by atomic mass is 16.5. The summed E-state index contributed by atoms with van der Waals surface area (Å²) in [6, 6.07) is 4.95. The van der Waals surface area contributed by atoms with E-state index in [9.17, 15) is 14.7 Å². The van der Waals surface area contributed by atoms with Crippen molar-refractivity contribution < 1.29 is 28.9 Å². The maximum Gasteiger partial charge on any atom is 0.310 e. The number of carboxylic acids is 1. The lowest BCUT2D eigenvalue weighted by Crippen LogP contribution is -2.39. The normalized spacial score (nSPS) is 27.7. The van der Waals surface area contributed by atoms with Crippen LogP contribution in [0.25, 0.3) is 0 Å². The maximum atomic E-state index is 12.5. The van der Waals surface area contributed by atoms with E-state index in [0.29, 0.717) is 17.2 Å². The third-order valence-corrected chi connectivity index (χ3v) is 4.14. The second-order valence-corrected chi connectivity index (χ2v) is 5.40. The van der Waals surface area contributed by atoms with Crippen molar-refractivity contribution in [3.8, 4) is 11.5 Å². The molecule has 1 saturated heterocycles. The third kappa shape index (κ3) is 2.63. The Hall–Kier alpha value is -2.54. The molecule has 3 rings (SSSR count). The third-order valence-electron chi connectivity index (χ3n) is 4.14. The van der Waals surface area contributed by atoms with E-state index < -0.39 is 30.0 Å². The summed E-state index contributed by atoms with van der Waals surface area (Å²) in [6.07, 6.45) is 2.40. The molecule has 2 heterocycles. The molecule has 1 aromatic carbocycles. The van der Waals surface area contributed by atoms with E-state index in [4.69, 9.17) is 14.2 Å². The summed E-state index contributed by atoms with van der Waals surface area (Å²) in [7, 11) is 3.02. The summed E-state index contributed by atoms with van der Waals surface area (Å²) in [5, 5.41) is 12.1. The predicted octanol–water partition coefficient (Wildman–Crippen LogP) is 1.30. The highest BCUT2D eigenvalue weighted by Crippen LogP contribution is 2.40. The molecule has 0 radical (unpaired) electrons. The summed E-state index contributed by atoms with van der Waals surface area (Å²) in [6.45, 7) is 0. The average Bonchev–Trinajstić information content (AvgIpc) is 3.15. The number of carboxylic acid groups (broad SMARTS) is 1. The highest BCUT2D eigenvalue weighted by molar-refractivity contribution is 5.96. The molecular formula is C16H17NO6. The second kappa shape index (κ2) is 5.92. The number of carbonyl (C=O) groups is 2. The zero-order valence-corrected chi connectivity index (χ0v) is 12.7. The molecule has 1 aromatic rings. The molecule has 1 fully saturated rings. The van der Waals surface area contributed by atoms with Crippen LogP contribution in [0.5, 0.6) is 11.5 Å². The van der Waals surface area contributed by atoms with Crippen LogP contribution in [0.1, 0.15) is 0 Å².